The van der Waals surface area contributed by atoms with Gasteiger partial charge in [-0.25, -0.2) is 0 Å². The lowest BCUT2D eigenvalue weighted by atomic mass is 10.0. The van der Waals surface area contributed by atoms with Crippen molar-refractivity contribution in [2.24, 2.45) is 0 Å². The number of nitro benzene ring substituents is 1. The summed E-state index contributed by atoms with van der Waals surface area (Å²) in [7, 11) is 0. The van der Waals surface area contributed by atoms with E-state index in [2.05, 4.69) is 15.9 Å². The molecule has 0 atom stereocenters. The number of nitrogens with zero attached hydrogens (tertiary/aromatic N) is 1. The first-order chi connectivity index (χ1) is 7.11. The molecule has 2 aromatic carbocycles. The van der Waals surface area contributed by atoms with Crippen LogP contribution in [-0.2, 0) is 0 Å². The Morgan fingerprint density at radius 2 is 2.00 bits per heavy atom. The molecule has 2 rings (SSSR count). The quantitative estimate of drug-likeness (QED) is 0.581. The molecule has 3 nitrogen and oxygen atoms in total. The number of hydrogen-bond acceptors (Lipinski definition) is 2. The van der Waals surface area contributed by atoms with E-state index in [1.165, 1.54) is 6.07 Å². The highest BCUT2D eigenvalue weighted by atomic mass is 79.9. The summed E-state index contributed by atoms with van der Waals surface area (Å²) in [6, 6.07) is 8.88. The first kappa shape index (κ1) is 10.1. The van der Waals surface area contributed by atoms with E-state index in [4.69, 9.17) is 0 Å². The SMILES string of the molecule is Cc1ccc(Br)c2cccc([N+](=O)[O-])c12. The molecule has 0 aliphatic heterocycles. The third-order valence-electron chi connectivity index (χ3n) is 2.37. The molecule has 76 valence electrons. The van der Waals surface area contributed by atoms with Crippen molar-refractivity contribution in [2.45, 2.75) is 6.92 Å². The van der Waals surface area contributed by atoms with Gasteiger partial charge in [0.25, 0.3) is 5.69 Å². The van der Waals surface area contributed by atoms with Crippen LogP contribution in [0.25, 0.3) is 10.8 Å². The van der Waals surface area contributed by atoms with E-state index in [1.807, 2.05) is 25.1 Å². The van der Waals surface area contributed by atoms with Crippen LogP contribution >= 0.6 is 15.9 Å². The Morgan fingerprint density at radius 3 is 2.67 bits per heavy atom. The van der Waals surface area contributed by atoms with Crippen LogP contribution in [0.4, 0.5) is 5.69 Å². The van der Waals surface area contributed by atoms with Gasteiger partial charge in [0.1, 0.15) is 0 Å². The average Bonchev–Trinajstić information content (AvgIpc) is 2.23. The molecule has 0 saturated heterocycles. The third-order valence-corrected chi connectivity index (χ3v) is 3.06. The summed E-state index contributed by atoms with van der Waals surface area (Å²) >= 11 is 3.39. The molecule has 0 aliphatic carbocycles. The molecule has 0 spiro atoms. The minimum atomic E-state index is -0.345. The van der Waals surface area contributed by atoms with E-state index in [-0.39, 0.29) is 10.6 Å². The molecule has 0 fully saturated rings. The Morgan fingerprint density at radius 1 is 1.27 bits per heavy atom. The first-order valence-corrected chi connectivity index (χ1v) is 5.23. The fourth-order valence-electron chi connectivity index (χ4n) is 1.68. The van der Waals surface area contributed by atoms with Gasteiger partial charge in [0.2, 0.25) is 0 Å². The molecule has 0 amide bonds. The van der Waals surface area contributed by atoms with E-state index in [0.717, 1.165) is 15.4 Å². The van der Waals surface area contributed by atoms with Crippen molar-refractivity contribution >= 4 is 32.4 Å². The zero-order valence-corrected chi connectivity index (χ0v) is 9.61. The molecule has 4 heteroatoms. The van der Waals surface area contributed by atoms with Crippen LogP contribution in [0, 0.1) is 17.0 Å². The van der Waals surface area contributed by atoms with Crippen molar-refractivity contribution in [2.75, 3.05) is 0 Å². The average molecular weight is 266 g/mol. The molecule has 2 aromatic rings. The fourth-order valence-corrected chi connectivity index (χ4v) is 2.14. The van der Waals surface area contributed by atoms with E-state index in [1.54, 1.807) is 6.07 Å². The molecule has 0 saturated carbocycles. The van der Waals surface area contributed by atoms with E-state index in [9.17, 15) is 10.1 Å². The second-order valence-corrected chi connectivity index (χ2v) is 4.18. The van der Waals surface area contributed by atoms with Crippen LogP contribution in [-0.4, -0.2) is 4.92 Å². The van der Waals surface area contributed by atoms with Crippen molar-refractivity contribution in [3.05, 3.63) is 50.5 Å². The van der Waals surface area contributed by atoms with Gasteiger partial charge in [-0.3, -0.25) is 10.1 Å². The van der Waals surface area contributed by atoms with Gasteiger partial charge in [0, 0.05) is 15.9 Å². The fraction of sp³-hybridized carbons (Fsp3) is 0.0909. The number of aryl methyl sites for hydroxylation is 1. The minimum Gasteiger partial charge on any atom is -0.258 e. The van der Waals surface area contributed by atoms with Gasteiger partial charge in [-0.2, -0.15) is 0 Å². The van der Waals surface area contributed by atoms with Crippen molar-refractivity contribution < 1.29 is 4.92 Å². The monoisotopic (exact) mass is 265 g/mol. The lowest BCUT2D eigenvalue weighted by molar-refractivity contribution is -0.383. The largest absolute Gasteiger partial charge is 0.277 e. The Hall–Kier alpha value is -1.42. The van der Waals surface area contributed by atoms with Gasteiger partial charge in [-0.1, -0.05) is 34.1 Å². The Labute approximate surface area is 95.0 Å². The summed E-state index contributed by atoms with van der Waals surface area (Å²) in [5, 5.41) is 12.5. The standard InChI is InChI=1S/C11H8BrNO2/c1-7-5-6-9(12)8-3-2-4-10(11(7)8)13(14)15/h2-6H,1H3. The summed E-state index contributed by atoms with van der Waals surface area (Å²) in [5.41, 5.74) is 1.08. The highest BCUT2D eigenvalue weighted by Gasteiger charge is 2.14. The maximum Gasteiger partial charge on any atom is 0.277 e. The summed E-state index contributed by atoms with van der Waals surface area (Å²) < 4.78 is 0.881. The van der Waals surface area contributed by atoms with Crippen LogP contribution in [0.3, 0.4) is 0 Å². The normalized spacial score (nSPS) is 10.5. The van der Waals surface area contributed by atoms with Crippen LogP contribution in [0.15, 0.2) is 34.8 Å². The summed E-state index contributed by atoms with van der Waals surface area (Å²) in [6.07, 6.45) is 0. The van der Waals surface area contributed by atoms with Gasteiger partial charge in [-0.05, 0) is 18.6 Å². The zero-order chi connectivity index (χ0) is 11.0. The summed E-state index contributed by atoms with van der Waals surface area (Å²) in [4.78, 5) is 10.5. The van der Waals surface area contributed by atoms with Crippen LogP contribution < -0.4 is 0 Å². The highest BCUT2D eigenvalue weighted by Crippen LogP contribution is 2.32. The van der Waals surface area contributed by atoms with Crippen molar-refractivity contribution in [1.82, 2.24) is 0 Å². The second kappa shape index (κ2) is 3.62. The molecule has 0 bridgehead atoms. The predicted octanol–water partition coefficient (Wildman–Crippen LogP) is 3.82. The number of fused-ring (bicyclic) bond motifs is 1. The number of non-ortho nitro benzene ring substituents is 1. The molecule has 0 aliphatic rings. The van der Waals surface area contributed by atoms with Gasteiger partial charge >= 0.3 is 0 Å². The summed E-state index contributed by atoms with van der Waals surface area (Å²) in [6.45, 7) is 1.88. The van der Waals surface area contributed by atoms with E-state index >= 15 is 0 Å². The third kappa shape index (κ3) is 1.61. The molecular formula is C11H8BrNO2. The van der Waals surface area contributed by atoms with Crippen molar-refractivity contribution in [1.29, 1.82) is 0 Å². The number of hydrogen-bond donors (Lipinski definition) is 0. The van der Waals surface area contributed by atoms with E-state index in [0.29, 0.717) is 5.39 Å². The molecule has 15 heavy (non-hydrogen) atoms. The second-order valence-electron chi connectivity index (χ2n) is 3.32. The maximum atomic E-state index is 10.9. The van der Waals surface area contributed by atoms with Crippen molar-refractivity contribution in [3.63, 3.8) is 0 Å². The van der Waals surface area contributed by atoms with Gasteiger partial charge in [0.05, 0.1) is 10.3 Å². The predicted molar refractivity (Wildman–Crippen MR) is 63.0 cm³/mol. The van der Waals surface area contributed by atoms with Gasteiger partial charge in [0.15, 0.2) is 0 Å². The Balaban J connectivity index is 2.96. The van der Waals surface area contributed by atoms with Crippen LogP contribution in [0.1, 0.15) is 5.56 Å². The van der Waals surface area contributed by atoms with Crippen molar-refractivity contribution in [3.8, 4) is 0 Å². The smallest absolute Gasteiger partial charge is 0.258 e. The molecule has 0 N–H and O–H groups in total. The maximum absolute atomic E-state index is 10.9. The van der Waals surface area contributed by atoms with E-state index < -0.39 is 0 Å². The lowest BCUT2D eigenvalue weighted by Gasteiger charge is -2.04. The van der Waals surface area contributed by atoms with Gasteiger partial charge < -0.3 is 0 Å². The molecule has 0 aromatic heterocycles. The first-order valence-electron chi connectivity index (χ1n) is 4.43. The zero-order valence-electron chi connectivity index (χ0n) is 8.03. The summed E-state index contributed by atoms with van der Waals surface area (Å²) in [5.74, 6) is 0. The topological polar surface area (TPSA) is 43.1 Å². The molecule has 0 unspecified atom stereocenters. The molecular weight excluding hydrogens is 258 g/mol. The van der Waals surface area contributed by atoms with Crippen LogP contribution in [0.2, 0.25) is 0 Å². The molecule has 0 heterocycles. The number of rotatable bonds is 1. The minimum absolute atomic E-state index is 0.159. The van der Waals surface area contributed by atoms with Gasteiger partial charge in [-0.15, -0.1) is 0 Å². The lowest BCUT2D eigenvalue weighted by Crippen LogP contribution is -1.91. The Bertz CT molecular complexity index is 552. The Kier molecular flexibility index (Phi) is 2.44. The molecule has 0 radical (unpaired) electrons. The number of halogens is 1. The number of nitro groups is 1. The number of benzene rings is 2. The van der Waals surface area contributed by atoms with Crippen LogP contribution in [0.5, 0.6) is 0 Å². The highest BCUT2D eigenvalue weighted by molar-refractivity contribution is 9.10.